The van der Waals surface area contributed by atoms with Gasteiger partial charge < -0.3 is 0 Å². The summed E-state index contributed by atoms with van der Waals surface area (Å²) in [6.07, 6.45) is 19.4. The molecule has 0 aromatic heterocycles. The highest BCUT2D eigenvalue weighted by atomic mass is 16.7. The zero-order valence-electron chi connectivity index (χ0n) is 15.4. The van der Waals surface area contributed by atoms with Crippen LogP contribution in [-0.4, -0.2) is 25.1 Å². The lowest BCUT2D eigenvalue weighted by Crippen LogP contribution is -2.24. The minimum Gasteiger partial charge on any atom is -0.275 e. The van der Waals surface area contributed by atoms with E-state index in [1.807, 2.05) is 0 Å². The van der Waals surface area contributed by atoms with E-state index in [-0.39, 0.29) is 5.91 Å². The average Bonchev–Trinajstić information content (AvgIpc) is 2.54. The summed E-state index contributed by atoms with van der Waals surface area (Å²) in [6.45, 7) is 2.27. The van der Waals surface area contributed by atoms with Crippen LogP contribution in [0.1, 0.15) is 103 Å². The van der Waals surface area contributed by atoms with Gasteiger partial charge in [0.15, 0.2) is 0 Å². The molecule has 0 aliphatic heterocycles. The van der Waals surface area contributed by atoms with E-state index in [9.17, 15) is 4.79 Å². The van der Waals surface area contributed by atoms with E-state index in [1.165, 1.54) is 95.6 Å². The van der Waals surface area contributed by atoms with Gasteiger partial charge in [0.05, 0.1) is 7.11 Å². The number of hydrogen-bond acceptors (Lipinski definition) is 2. The number of rotatable bonds is 16. The van der Waals surface area contributed by atoms with Crippen LogP contribution in [0.2, 0.25) is 0 Å². The topological polar surface area (TPSA) is 29.5 Å². The first-order valence-corrected chi connectivity index (χ1v) is 9.53. The van der Waals surface area contributed by atoms with Crippen LogP contribution in [0.5, 0.6) is 0 Å². The Morgan fingerprint density at radius 1 is 0.727 bits per heavy atom. The maximum absolute atomic E-state index is 11.5. The highest BCUT2D eigenvalue weighted by Crippen LogP contribution is 2.13. The van der Waals surface area contributed by atoms with Gasteiger partial charge in [0.25, 0.3) is 0 Å². The fourth-order valence-electron chi connectivity index (χ4n) is 2.73. The van der Waals surface area contributed by atoms with E-state index in [2.05, 4.69) is 6.92 Å². The van der Waals surface area contributed by atoms with Gasteiger partial charge in [-0.15, -0.1) is 0 Å². The molecule has 132 valence electrons. The molecular formula is C19H39NO2. The second-order valence-electron chi connectivity index (χ2n) is 6.42. The van der Waals surface area contributed by atoms with Gasteiger partial charge in [-0.05, 0) is 6.42 Å². The molecular weight excluding hydrogens is 274 g/mol. The van der Waals surface area contributed by atoms with Crippen molar-refractivity contribution in [1.82, 2.24) is 5.06 Å². The van der Waals surface area contributed by atoms with Crippen LogP contribution in [0.4, 0.5) is 0 Å². The minimum absolute atomic E-state index is 0.0847. The summed E-state index contributed by atoms with van der Waals surface area (Å²) >= 11 is 0. The number of hydrogen-bond donors (Lipinski definition) is 0. The Balaban J connectivity index is 3.10. The zero-order chi connectivity index (χ0) is 16.5. The second kappa shape index (κ2) is 16.8. The quantitative estimate of drug-likeness (QED) is 0.263. The normalized spacial score (nSPS) is 10.9. The minimum atomic E-state index is 0.0847. The van der Waals surface area contributed by atoms with Crippen molar-refractivity contribution in [3.63, 3.8) is 0 Å². The number of unbranched alkanes of at least 4 members (excludes halogenated alkanes) is 13. The highest BCUT2D eigenvalue weighted by Gasteiger charge is 2.06. The van der Waals surface area contributed by atoms with Crippen molar-refractivity contribution in [2.24, 2.45) is 0 Å². The molecule has 0 rings (SSSR count). The lowest BCUT2D eigenvalue weighted by atomic mass is 10.0. The average molecular weight is 314 g/mol. The van der Waals surface area contributed by atoms with E-state index in [1.54, 1.807) is 7.05 Å². The zero-order valence-corrected chi connectivity index (χ0v) is 15.4. The van der Waals surface area contributed by atoms with E-state index in [4.69, 9.17) is 4.84 Å². The summed E-state index contributed by atoms with van der Waals surface area (Å²) < 4.78 is 0. The van der Waals surface area contributed by atoms with Crippen molar-refractivity contribution in [1.29, 1.82) is 0 Å². The van der Waals surface area contributed by atoms with Gasteiger partial charge in [0, 0.05) is 13.5 Å². The Morgan fingerprint density at radius 3 is 1.45 bits per heavy atom. The molecule has 0 aliphatic carbocycles. The van der Waals surface area contributed by atoms with Gasteiger partial charge in [-0.2, -0.15) is 0 Å². The molecule has 0 aliphatic rings. The summed E-state index contributed by atoms with van der Waals surface area (Å²) in [6, 6.07) is 0. The van der Waals surface area contributed by atoms with E-state index in [0.717, 1.165) is 6.42 Å². The summed E-state index contributed by atoms with van der Waals surface area (Å²) in [7, 11) is 3.20. The van der Waals surface area contributed by atoms with Crippen molar-refractivity contribution in [2.45, 2.75) is 103 Å². The first-order chi connectivity index (χ1) is 10.7. The van der Waals surface area contributed by atoms with Crippen LogP contribution >= 0.6 is 0 Å². The molecule has 0 radical (unpaired) electrons. The number of nitrogens with zero attached hydrogens (tertiary/aromatic N) is 1. The molecule has 3 heteroatoms. The molecule has 22 heavy (non-hydrogen) atoms. The summed E-state index contributed by atoms with van der Waals surface area (Å²) in [4.78, 5) is 16.4. The van der Waals surface area contributed by atoms with Crippen LogP contribution in [-0.2, 0) is 9.63 Å². The van der Waals surface area contributed by atoms with Crippen molar-refractivity contribution >= 4 is 5.91 Å². The molecule has 3 nitrogen and oxygen atoms in total. The number of carbonyl (C=O) groups is 1. The predicted molar refractivity (Wildman–Crippen MR) is 94.7 cm³/mol. The molecule has 0 heterocycles. The lowest BCUT2D eigenvalue weighted by molar-refractivity contribution is -0.168. The predicted octanol–water partition coefficient (Wildman–Crippen LogP) is 5.88. The highest BCUT2D eigenvalue weighted by molar-refractivity contribution is 5.74. The van der Waals surface area contributed by atoms with Gasteiger partial charge in [-0.25, -0.2) is 5.06 Å². The van der Waals surface area contributed by atoms with E-state index in [0.29, 0.717) is 6.42 Å². The fraction of sp³-hybridized carbons (Fsp3) is 0.947. The molecule has 0 unspecified atom stereocenters. The van der Waals surface area contributed by atoms with Crippen LogP contribution < -0.4 is 0 Å². The van der Waals surface area contributed by atoms with Crippen LogP contribution in [0, 0.1) is 0 Å². The van der Waals surface area contributed by atoms with Crippen molar-refractivity contribution in [2.75, 3.05) is 14.2 Å². The Morgan fingerprint density at radius 2 is 1.09 bits per heavy atom. The SMILES string of the molecule is CCCCCCCCCCCCCCCCC(=O)N(C)OC. The molecule has 0 N–H and O–H groups in total. The molecule has 0 bridgehead atoms. The van der Waals surface area contributed by atoms with Gasteiger partial charge in [-0.3, -0.25) is 9.63 Å². The third kappa shape index (κ3) is 14.4. The van der Waals surface area contributed by atoms with Gasteiger partial charge in [0.2, 0.25) is 5.91 Å². The summed E-state index contributed by atoms with van der Waals surface area (Å²) in [5, 5.41) is 1.32. The third-order valence-electron chi connectivity index (χ3n) is 4.37. The summed E-state index contributed by atoms with van der Waals surface area (Å²) in [5.74, 6) is 0.0847. The molecule has 0 spiro atoms. The summed E-state index contributed by atoms with van der Waals surface area (Å²) in [5.41, 5.74) is 0. The molecule has 0 fully saturated rings. The molecule has 0 aromatic carbocycles. The standard InChI is InChI=1S/C19H39NO2/c1-4-5-6-7-8-9-10-11-12-13-14-15-16-17-18-19(21)20(2)22-3/h4-18H2,1-3H3. The van der Waals surface area contributed by atoms with Crippen molar-refractivity contribution in [3.8, 4) is 0 Å². The molecule has 0 aromatic rings. The first kappa shape index (κ1) is 21.4. The lowest BCUT2D eigenvalue weighted by Gasteiger charge is -2.12. The Labute approximate surface area is 138 Å². The molecule has 0 saturated carbocycles. The second-order valence-corrected chi connectivity index (χ2v) is 6.42. The Kier molecular flexibility index (Phi) is 16.4. The first-order valence-electron chi connectivity index (χ1n) is 9.53. The maximum Gasteiger partial charge on any atom is 0.245 e. The Hall–Kier alpha value is -0.570. The number of hydroxylamine groups is 2. The maximum atomic E-state index is 11.5. The van der Waals surface area contributed by atoms with Crippen LogP contribution in [0.15, 0.2) is 0 Å². The van der Waals surface area contributed by atoms with E-state index >= 15 is 0 Å². The van der Waals surface area contributed by atoms with Gasteiger partial charge in [0.1, 0.15) is 0 Å². The Bertz CT molecular complexity index is 244. The van der Waals surface area contributed by atoms with Crippen LogP contribution in [0.25, 0.3) is 0 Å². The number of carbonyl (C=O) groups excluding carboxylic acids is 1. The monoisotopic (exact) mass is 313 g/mol. The third-order valence-corrected chi connectivity index (χ3v) is 4.37. The van der Waals surface area contributed by atoms with E-state index < -0.39 is 0 Å². The van der Waals surface area contributed by atoms with Gasteiger partial charge >= 0.3 is 0 Å². The van der Waals surface area contributed by atoms with Crippen molar-refractivity contribution < 1.29 is 9.63 Å². The number of amides is 1. The van der Waals surface area contributed by atoms with Crippen molar-refractivity contribution in [3.05, 3.63) is 0 Å². The largest absolute Gasteiger partial charge is 0.275 e. The molecule has 0 atom stereocenters. The molecule has 0 saturated heterocycles. The molecule has 1 amide bonds. The van der Waals surface area contributed by atoms with Gasteiger partial charge in [-0.1, -0.05) is 90.4 Å². The fourth-order valence-corrected chi connectivity index (χ4v) is 2.73. The van der Waals surface area contributed by atoms with Crippen LogP contribution in [0.3, 0.4) is 0 Å². The smallest absolute Gasteiger partial charge is 0.245 e.